The number of piperidine rings is 1. The molecule has 0 radical (unpaired) electrons. The van der Waals surface area contributed by atoms with Gasteiger partial charge in [0.15, 0.2) is 0 Å². The van der Waals surface area contributed by atoms with Crippen molar-refractivity contribution in [2.45, 2.75) is 31.8 Å². The summed E-state index contributed by atoms with van der Waals surface area (Å²) in [5, 5.41) is 0. The minimum atomic E-state index is 0.387. The fourth-order valence-electron chi connectivity index (χ4n) is 5.08. The van der Waals surface area contributed by atoms with Gasteiger partial charge < -0.3 is 9.72 Å². The average Bonchev–Trinajstić information content (AvgIpc) is 3.30. The molecule has 2 aliphatic heterocycles. The van der Waals surface area contributed by atoms with Crippen LogP contribution >= 0.6 is 0 Å². The lowest BCUT2D eigenvalue weighted by Gasteiger charge is -2.43. The zero-order chi connectivity index (χ0) is 20.9. The number of benzene rings is 1. The van der Waals surface area contributed by atoms with Crippen LogP contribution in [0.3, 0.4) is 0 Å². The molecule has 1 fully saturated rings. The molecule has 0 spiro atoms. The Kier molecular flexibility index (Phi) is 6.27. The zero-order valence-electron chi connectivity index (χ0n) is 18.0. The van der Waals surface area contributed by atoms with E-state index in [1.807, 2.05) is 55.1 Å². The summed E-state index contributed by atoms with van der Waals surface area (Å²) in [7, 11) is 0. The summed E-state index contributed by atoms with van der Waals surface area (Å²) in [6.45, 7) is 5.99. The number of fused-ring (bicyclic) bond motifs is 1. The molecular weight excluding hydrogens is 386 g/mol. The quantitative estimate of drug-likeness (QED) is 0.635. The van der Waals surface area contributed by atoms with Crippen molar-refractivity contribution in [2.75, 3.05) is 32.8 Å². The molecule has 5 rings (SSSR count). The van der Waals surface area contributed by atoms with Crippen molar-refractivity contribution in [2.24, 2.45) is 5.92 Å². The van der Waals surface area contributed by atoms with Crippen molar-refractivity contribution in [3.05, 3.63) is 78.1 Å². The normalized spacial score (nSPS) is 20.5. The van der Waals surface area contributed by atoms with Gasteiger partial charge in [0, 0.05) is 44.1 Å². The first kappa shape index (κ1) is 20.2. The van der Waals surface area contributed by atoms with Gasteiger partial charge in [-0.3, -0.25) is 14.8 Å². The molecule has 0 amide bonds. The Hall–Kier alpha value is -2.70. The smallest absolute Gasteiger partial charge is 0.119 e. The first-order valence-electron chi connectivity index (χ1n) is 11.4. The van der Waals surface area contributed by atoms with E-state index in [2.05, 4.69) is 25.8 Å². The summed E-state index contributed by atoms with van der Waals surface area (Å²) in [5.74, 6) is 1.59. The molecular formula is C25H31N5O. The van der Waals surface area contributed by atoms with Gasteiger partial charge in [0.1, 0.15) is 12.4 Å². The Morgan fingerprint density at radius 2 is 1.90 bits per heavy atom. The van der Waals surface area contributed by atoms with Gasteiger partial charge in [-0.1, -0.05) is 24.3 Å². The van der Waals surface area contributed by atoms with Crippen molar-refractivity contribution in [3.63, 3.8) is 0 Å². The van der Waals surface area contributed by atoms with Crippen LogP contribution < -0.4 is 4.74 Å². The molecule has 1 aromatic carbocycles. The number of nitrogens with one attached hydrogen (secondary N) is 1. The predicted octanol–water partition coefficient (Wildman–Crippen LogP) is 3.70. The van der Waals surface area contributed by atoms with Crippen LogP contribution in [0.1, 0.15) is 35.8 Å². The molecule has 3 aromatic rings. The predicted molar refractivity (Wildman–Crippen MR) is 121 cm³/mol. The first-order chi connectivity index (χ1) is 15.4. The van der Waals surface area contributed by atoms with E-state index < -0.39 is 0 Å². The Bertz CT molecular complexity index is 937. The topological polar surface area (TPSA) is 57.3 Å². The minimum Gasteiger partial charge on any atom is -0.492 e. The Morgan fingerprint density at radius 1 is 1.03 bits per heavy atom. The monoisotopic (exact) mass is 417 g/mol. The van der Waals surface area contributed by atoms with Gasteiger partial charge in [-0.05, 0) is 55.6 Å². The molecule has 0 aliphatic carbocycles. The molecule has 2 aliphatic rings. The summed E-state index contributed by atoms with van der Waals surface area (Å²) in [5.41, 5.74) is 3.87. The van der Waals surface area contributed by atoms with Gasteiger partial charge >= 0.3 is 0 Å². The number of para-hydroxylation sites is 1. The van der Waals surface area contributed by atoms with Crippen LogP contribution in [-0.4, -0.2) is 57.5 Å². The van der Waals surface area contributed by atoms with E-state index in [0.29, 0.717) is 12.0 Å². The number of H-pyrrole nitrogens is 1. The number of rotatable bonds is 7. The maximum Gasteiger partial charge on any atom is 0.119 e. The van der Waals surface area contributed by atoms with Gasteiger partial charge in [-0.2, -0.15) is 0 Å². The maximum atomic E-state index is 5.90. The zero-order valence-corrected chi connectivity index (χ0v) is 18.0. The second kappa shape index (κ2) is 9.62. The first-order valence-corrected chi connectivity index (χ1v) is 11.4. The van der Waals surface area contributed by atoms with Crippen molar-refractivity contribution in [3.8, 4) is 5.75 Å². The molecule has 0 bridgehead atoms. The highest BCUT2D eigenvalue weighted by Crippen LogP contribution is 2.39. The van der Waals surface area contributed by atoms with E-state index in [0.717, 1.165) is 51.5 Å². The summed E-state index contributed by atoms with van der Waals surface area (Å²) in [4.78, 5) is 17.6. The molecule has 6 heteroatoms. The van der Waals surface area contributed by atoms with Crippen LogP contribution in [0.4, 0.5) is 0 Å². The highest BCUT2D eigenvalue weighted by atomic mass is 16.5. The molecule has 4 heterocycles. The minimum absolute atomic E-state index is 0.387. The molecule has 2 aromatic heterocycles. The van der Waals surface area contributed by atoms with Crippen LogP contribution in [0.25, 0.3) is 0 Å². The third kappa shape index (κ3) is 4.81. The van der Waals surface area contributed by atoms with E-state index >= 15 is 0 Å². The van der Waals surface area contributed by atoms with Crippen LogP contribution in [0, 0.1) is 5.92 Å². The van der Waals surface area contributed by atoms with Crippen LogP contribution in [0.5, 0.6) is 5.75 Å². The number of hydrogen-bond donors (Lipinski definition) is 1. The average molecular weight is 418 g/mol. The van der Waals surface area contributed by atoms with Crippen molar-refractivity contribution >= 4 is 0 Å². The third-order valence-corrected chi connectivity index (χ3v) is 6.68. The Labute approximate surface area is 184 Å². The molecule has 1 unspecified atom stereocenters. The SMILES string of the molecule is c1ccc(OCCN2CCC(C3c4nc[nH]c4CCN3Cc3cccnc3)CC2)cc1. The van der Waals surface area contributed by atoms with Crippen molar-refractivity contribution < 1.29 is 4.74 Å². The van der Waals surface area contributed by atoms with Gasteiger partial charge in [0.2, 0.25) is 0 Å². The highest BCUT2D eigenvalue weighted by Gasteiger charge is 2.37. The lowest BCUT2D eigenvalue weighted by Crippen LogP contribution is -2.44. The summed E-state index contributed by atoms with van der Waals surface area (Å²) < 4.78 is 5.90. The molecule has 1 saturated heterocycles. The summed E-state index contributed by atoms with van der Waals surface area (Å²) in [6.07, 6.45) is 9.16. The summed E-state index contributed by atoms with van der Waals surface area (Å²) >= 11 is 0. The fraction of sp³-hybridized carbons (Fsp3) is 0.440. The lowest BCUT2D eigenvalue weighted by atomic mass is 9.83. The number of aromatic amines is 1. The Morgan fingerprint density at radius 3 is 2.71 bits per heavy atom. The van der Waals surface area contributed by atoms with Crippen LogP contribution in [0.2, 0.25) is 0 Å². The van der Waals surface area contributed by atoms with E-state index in [-0.39, 0.29) is 0 Å². The number of hydrogen-bond acceptors (Lipinski definition) is 5. The van der Waals surface area contributed by atoms with Crippen molar-refractivity contribution in [1.82, 2.24) is 24.8 Å². The summed E-state index contributed by atoms with van der Waals surface area (Å²) in [6, 6.07) is 14.7. The largest absolute Gasteiger partial charge is 0.492 e. The Balaban J connectivity index is 1.20. The standard InChI is InChI=1S/C25H31N5O/c1-2-6-22(7-3-1)31-16-15-29-12-8-21(9-13-29)25-24-23(27-19-28-24)10-14-30(25)18-20-5-4-11-26-17-20/h1-7,11,17,19,21,25H,8-10,12-16,18H2,(H,27,28). The fourth-order valence-corrected chi connectivity index (χ4v) is 5.08. The lowest BCUT2D eigenvalue weighted by molar-refractivity contribution is 0.0668. The maximum absolute atomic E-state index is 5.90. The van der Waals surface area contributed by atoms with Gasteiger partial charge in [0.05, 0.1) is 18.1 Å². The number of pyridine rings is 1. The van der Waals surface area contributed by atoms with E-state index in [1.165, 1.54) is 29.8 Å². The highest BCUT2D eigenvalue weighted by molar-refractivity contribution is 5.22. The second-order valence-electron chi connectivity index (χ2n) is 8.63. The van der Waals surface area contributed by atoms with E-state index in [4.69, 9.17) is 9.72 Å². The van der Waals surface area contributed by atoms with Crippen molar-refractivity contribution in [1.29, 1.82) is 0 Å². The molecule has 6 nitrogen and oxygen atoms in total. The number of aromatic nitrogens is 3. The van der Waals surface area contributed by atoms with E-state index in [9.17, 15) is 0 Å². The number of likely N-dealkylation sites (tertiary alicyclic amines) is 1. The number of imidazole rings is 1. The molecule has 31 heavy (non-hydrogen) atoms. The molecule has 1 N–H and O–H groups in total. The van der Waals surface area contributed by atoms with E-state index in [1.54, 1.807) is 0 Å². The molecule has 0 saturated carbocycles. The van der Waals surface area contributed by atoms with Gasteiger partial charge in [-0.25, -0.2) is 4.98 Å². The molecule has 162 valence electrons. The van der Waals surface area contributed by atoms with Crippen LogP contribution in [0.15, 0.2) is 61.2 Å². The number of ether oxygens (including phenoxy) is 1. The van der Waals surface area contributed by atoms with Gasteiger partial charge in [-0.15, -0.1) is 0 Å². The van der Waals surface area contributed by atoms with Crippen LogP contribution in [-0.2, 0) is 13.0 Å². The van der Waals surface area contributed by atoms with Gasteiger partial charge in [0.25, 0.3) is 0 Å². The third-order valence-electron chi connectivity index (χ3n) is 6.68. The number of nitrogens with zero attached hydrogens (tertiary/aromatic N) is 4. The molecule has 1 atom stereocenters. The second-order valence-corrected chi connectivity index (χ2v) is 8.63.